The van der Waals surface area contributed by atoms with Gasteiger partial charge in [0.1, 0.15) is 5.56 Å². The molecule has 0 unspecified atom stereocenters. The van der Waals surface area contributed by atoms with Gasteiger partial charge in [0.2, 0.25) is 0 Å². The van der Waals surface area contributed by atoms with E-state index in [4.69, 9.17) is 0 Å². The summed E-state index contributed by atoms with van der Waals surface area (Å²) in [4.78, 5) is 27.2. The molecule has 3 aromatic heterocycles. The molecule has 5 aromatic rings. The van der Waals surface area contributed by atoms with Crippen LogP contribution in [0.3, 0.4) is 0 Å². The number of para-hydroxylation sites is 1. The fourth-order valence-corrected chi connectivity index (χ4v) is 3.37. The Labute approximate surface area is 186 Å². The molecule has 10 heteroatoms. The van der Waals surface area contributed by atoms with E-state index in [-0.39, 0.29) is 11.3 Å². The first-order valence-electron chi connectivity index (χ1n) is 9.88. The Morgan fingerprint density at radius 3 is 2.48 bits per heavy atom. The first kappa shape index (κ1) is 19.9. The highest BCUT2D eigenvalue weighted by molar-refractivity contribution is 6.07. The standard InChI is InChI=1S/C23H15N7O3/c31-23(18-5-1-2-6-20(18)30(32)33)25-17-9-7-15(8-10-17)19-11-12-21-26-27-22(29(21)28-19)16-4-3-13-24-14-16/h1-14H,(H,25,31). The number of nitrogens with one attached hydrogen (secondary N) is 1. The van der Waals surface area contributed by atoms with E-state index >= 15 is 0 Å². The van der Waals surface area contributed by atoms with Gasteiger partial charge in [-0.15, -0.1) is 10.2 Å². The van der Waals surface area contributed by atoms with Crippen LogP contribution >= 0.6 is 0 Å². The van der Waals surface area contributed by atoms with Gasteiger partial charge in [0.25, 0.3) is 11.6 Å². The normalized spacial score (nSPS) is 10.8. The molecule has 10 nitrogen and oxygen atoms in total. The van der Waals surface area contributed by atoms with Crippen LogP contribution < -0.4 is 5.32 Å². The fourth-order valence-electron chi connectivity index (χ4n) is 3.37. The molecule has 0 atom stereocenters. The number of pyridine rings is 1. The van der Waals surface area contributed by atoms with E-state index < -0.39 is 10.8 Å². The molecule has 0 fully saturated rings. The van der Waals surface area contributed by atoms with Gasteiger partial charge in [-0.3, -0.25) is 19.9 Å². The lowest BCUT2D eigenvalue weighted by molar-refractivity contribution is -0.385. The Hall–Kier alpha value is -4.99. The zero-order valence-electron chi connectivity index (χ0n) is 17.0. The molecule has 0 saturated heterocycles. The number of anilines is 1. The Bertz CT molecular complexity index is 1480. The summed E-state index contributed by atoms with van der Waals surface area (Å²) in [5, 5.41) is 26.9. The van der Waals surface area contributed by atoms with Crippen molar-refractivity contribution in [3.05, 3.63) is 101 Å². The third-order valence-corrected chi connectivity index (χ3v) is 4.97. The highest BCUT2D eigenvalue weighted by atomic mass is 16.6. The molecular formula is C23H15N7O3. The van der Waals surface area contributed by atoms with Crippen LogP contribution in [0, 0.1) is 10.1 Å². The van der Waals surface area contributed by atoms with Gasteiger partial charge in [0.15, 0.2) is 11.5 Å². The second-order valence-corrected chi connectivity index (χ2v) is 7.06. The minimum atomic E-state index is -0.579. The zero-order valence-corrected chi connectivity index (χ0v) is 17.0. The third kappa shape index (κ3) is 3.88. The van der Waals surface area contributed by atoms with E-state index in [1.165, 1.54) is 18.2 Å². The van der Waals surface area contributed by atoms with Crippen LogP contribution in [0.25, 0.3) is 28.3 Å². The monoisotopic (exact) mass is 437 g/mol. The van der Waals surface area contributed by atoms with Crippen LogP contribution in [0.4, 0.5) is 11.4 Å². The number of benzene rings is 2. The van der Waals surface area contributed by atoms with Crippen LogP contribution in [0.1, 0.15) is 10.4 Å². The molecule has 1 amide bonds. The Morgan fingerprint density at radius 2 is 1.73 bits per heavy atom. The Kier molecular flexibility index (Phi) is 5.00. The first-order valence-corrected chi connectivity index (χ1v) is 9.88. The average molecular weight is 437 g/mol. The highest BCUT2D eigenvalue weighted by Gasteiger charge is 2.19. The van der Waals surface area contributed by atoms with Gasteiger partial charge in [-0.05, 0) is 42.5 Å². The second-order valence-electron chi connectivity index (χ2n) is 7.06. The van der Waals surface area contributed by atoms with Gasteiger partial charge in [0, 0.05) is 35.3 Å². The highest BCUT2D eigenvalue weighted by Crippen LogP contribution is 2.24. The predicted molar refractivity (Wildman–Crippen MR) is 120 cm³/mol. The number of fused-ring (bicyclic) bond motifs is 1. The van der Waals surface area contributed by atoms with Gasteiger partial charge in [0.05, 0.1) is 10.6 Å². The van der Waals surface area contributed by atoms with Crippen molar-refractivity contribution in [3.8, 4) is 22.6 Å². The molecule has 0 aliphatic heterocycles. The lowest BCUT2D eigenvalue weighted by Crippen LogP contribution is -2.13. The number of aromatic nitrogens is 5. The summed E-state index contributed by atoms with van der Waals surface area (Å²) in [5.41, 5.74) is 3.14. The maximum absolute atomic E-state index is 12.5. The zero-order chi connectivity index (χ0) is 22.8. The van der Waals surface area contributed by atoms with Crippen molar-refractivity contribution in [1.29, 1.82) is 0 Å². The molecule has 0 spiro atoms. The van der Waals surface area contributed by atoms with Crippen LogP contribution in [0.15, 0.2) is 85.2 Å². The van der Waals surface area contributed by atoms with E-state index in [9.17, 15) is 14.9 Å². The summed E-state index contributed by atoms with van der Waals surface area (Å²) in [7, 11) is 0. The van der Waals surface area contributed by atoms with Gasteiger partial charge < -0.3 is 5.32 Å². The molecule has 0 aliphatic rings. The molecular weight excluding hydrogens is 422 g/mol. The number of nitrogens with zero attached hydrogens (tertiary/aromatic N) is 6. The summed E-state index contributed by atoms with van der Waals surface area (Å²) in [6.07, 6.45) is 3.38. The summed E-state index contributed by atoms with van der Waals surface area (Å²) in [6.45, 7) is 0. The molecule has 160 valence electrons. The molecule has 2 aromatic carbocycles. The van der Waals surface area contributed by atoms with Crippen molar-refractivity contribution >= 4 is 22.9 Å². The minimum Gasteiger partial charge on any atom is -0.322 e. The summed E-state index contributed by atoms with van der Waals surface area (Å²) in [5.74, 6) is 0.0217. The molecule has 1 N–H and O–H groups in total. The lowest BCUT2D eigenvalue weighted by atomic mass is 10.1. The maximum Gasteiger partial charge on any atom is 0.282 e. The average Bonchev–Trinajstić information content (AvgIpc) is 3.28. The first-order chi connectivity index (χ1) is 16.1. The molecule has 5 rings (SSSR count). The van der Waals surface area contributed by atoms with Crippen LogP contribution in [-0.2, 0) is 0 Å². The van der Waals surface area contributed by atoms with Gasteiger partial charge in [-0.1, -0.05) is 24.3 Å². The number of rotatable bonds is 5. The van der Waals surface area contributed by atoms with Gasteiger partial charge >= 0.3 is 0 Å². The lowest BCUT2D eigenvalue weighted by Gasteiger charge is -2.07. The molecule has 0 aliphatic carbocycles. The minimum absolute atomic E-state index is 0.00534. The second kappa shape index (κ2) is 8.27. The van der Waals surface area contributed by atoms with Gasteiger partial charge in [-0.2, -0.15) is 9.61 Å². The van der Waals surface area contributed by atoms with Crippen molar-refractivity contribution in [2.24, 2.45) is 0 Å². The topological polar surface area (TPSA) is 128 Å². The summed E-state index contributed by atoms with van der Waals surface area (Å²) < 4.78 is 1.65. The van der Waals surface area contributed by atoms with E-state index in [1.807, 2.05) is 24.3 Å². The fraction of sp³-hybridized carbons (Fsp3) is 0. The number of hydrogen-bond acceptors (Lipinski definition) is 7. The number of carbonyl (C=O) groups is 1. The Balaban J connectivity index is 1.41. The smallest absolute Gasteiger partial charge is 0.282 e. The van der Waals surface area contributed by atoms with Gasteiger partial charge in [-0.25, -0.2) is 0 Å². The number of amides is 1. The predicted octanol–water partition coefficient (Wildman–Crippen LogP) is 4.01. The maximum atomic E-state index is 12.5. The van der Waals surface area contributed by atoms with Crippen molar-refractivity contribution in [2.75, 3.05) is 5.32 Å². The van der Waals surface area contributed by atoms with E-state index in [0.29, 0.717) is 22.9 Å². The largest absolute Gasteiger partial charge is 0.322 e. The van der Waals surface area contributed by atoms with E-state index in [0.717, 1.165) is 11.1 Å². The number of nitro groups is 1. The van der Waals surface area contributed by atoms with Crippen molar-refractivity contribution in [1.82, 2.24) is 24.8 Å². The third-order valence-electron chi connectivity index (χ3n) is 4.97. The van der Waals surface area contributed by atoms with E-state index in [2.05, 4.69) is 25.6 Å². The molecule has 0 saturated carbocycles. The van der Waals surface area contributed by atoms with Crippen molar-refractivity contribution in [2.45, 2.75) is 0 Å². The van der Waals surface area contributed by atoms with E-state index in [1.54, 1.807) is 47.2 Å². The van der Waals surface area contributed by atoms with Crippen LogP contribution in [0.5, 0.6) is 0 Å². The summed E-state index contributed by atoms with van der Waals surface area (Å²) >= 11 is 0. The molecule has 0 radical (unpaired) electrons. The van der Waals surface area contributed by atoms with Crippen molar-refractivity contribution < 1.29 is 9.72 Å². The molecule has 33 heavy (non-hydrogen) atoms. The van der Waals surface area contributed by atoms with Crippen LogP contribution in [-0.4, -0.2) is 35.6 Å². The quantitative estimate of drug-likeness (QED) is 0.325. The van der Waals surface area contributed by atoms with Crippen molar-refractivity contribution in [3.63, 3.8) is 0 Å². The number of hydrogen-bond donors (Lipinski definition) is 1. The molecule has 0 bridgehead atoms. The SMILES string of the molecule is O=C(Nc1ccc(-c2ccc3nnc(-c4cccnc4)n3n2)cc1)c1ccccc1[N+](=O)[O-]. The van der Waals surface area contributed by atoms with Crippen LogP contribution in [0.2, 0.25) is 0 Å². The number of carbonyl (C=O) groups excluding carboxylic acids is 1. The number of nitro benzene ring substituents is 1. The Morgan fingerprint density at radius 1 is 0.909 bits per heavy atom. The molecule has 3 heterocycles. The summed E-state index contributed by atoms with van der Waals surface area (Å²) in [6, 6.07) is 20.2.